The Bertz CT molecular complexity index is 154. The number of hydrogen-bond acceptors (Lipinski definition) is 3. The quantitative estimate of drug-likeness (QED) is 0.475. The first-order valence-electron chi connectivity index (χ1n) is 2.27. The normalized spacial score (nSPS) is 17.0. The lowest BCUT2D eigenvalue weighted by atomic mass is 10.5. The average molecular weight is 108 g/mol. The summed E-state index contributed by atoms with van der Waals surface area (Å²) >= 11 is 0. The first-order chi connectivity index (χ1) is 3.84. The van der Waals surface area contributed by atoms with Crippen LogP contribution in [0.25, 0.3) is 0 Å². The lowest BCUT2D eigenvalue weighted by Crippen LogP contribution is -2.10. The van der Waals surface area contributed by atoms with E-state index in [0.717, 1.165) is 0 Å². The molecule has 1 heterocycles. The smallest absolute Gasteiger partial charge is 0.139 e. The fourth-order valence-corrected chi connectivity index (χ4v) is 0.511. The van der Waals surface area contributed by atoms with Crippen LogP contribution in [0, 0.1) is 18.0 Å². The highest BCUT2D eigenvalue weighted by molar-refractivity contribution is 5.23. The molecule has 8 heavy (non-hydrogen) atoms. The van der Waals surface area contributed by atoms with Crippen LogP contribution in [0.4, 0.5) is 0 Å². The molecule has 1 rings (SSSR count). The molecule has 0 saturated heterocycles. The maximum atomic E-state index is 8.32. The Hall–Kier alpha value is -1.17. The first kappa shape index (κ1) is 4.98. The number of nitrogens with zero attached hydrogens (tertiary/aromatic N) is 2. The predicted octanol–water partition coefficient (Wildman–Crippen LogP) is 0.00567. The molecule has 0 amide bonds. The van der Waals surface area contributed by atoms with Gasteiger partial charge in [0.05, 0.1) is 0 Å². The molecule has 0 aromatic carbocycles. The summed E-state index contributed by atoms with van der Waals surface area (Å²) in [5.41, 5.74) is 0.644. The summed E-state index contributed by atoms with van der Waals surface area (Å²) in [5, 5.41) is 11.1. The van der Waals surface area contributed by atoms with Crippen LogP contribution in [0.5, 0.6) is 0 Å². The molecule has 0 aromatic heterocycles. The first-order valence-corrected chi connectivity index (χ1v) is 2.27. The van der Waals surface area contributed by atoms with Gasteiger partial charge in [0, 0.05) is 13.2 Å². The molecule has 1 radical (unpaired) electrons. The zero-order chi connectivity index (χ0) is 5.98. The van der Waals surface area contributed by atoms with Crippen LogP contribution in [0.3, 0.4) is 0 Å². The monoisotopic (exact) mass is 108 g/mol. The van der Waals surface area contributed by atoms with Gasteiger partial charge in [0.2, 0.25) is 0 Å². The fraction of sp³-hybridized carbons (Fsp3) is 0.200. The Balaban J connectivity index is 2.66. The molecule has 1 aliphatic rings. The van der Waals surface area contributed by atoms with E-state index in [0.29, 0.717) is 5.70 Å². The van der Waals surface area contributed by atoms with Gasteiger partial charge >= 0.3 is 0 Å². The summed E-state index contributed by atoms with van der Waals surface area (Å²) in [6, 6.07) is 2.01. The van der Waals surface area contributed by atoms with Crippen molar-refractivity contribution in [1.29, 1.82) is 5.26 Å². The van der Waals surface area contributed by atoms with Gasteiger partial charge in [-0.25, -0.2) is 0 Å². The lowest BCUT2D eigenvalue weighted by Gasteiger charge is -2.05. The minimum atomic E-state index is 0.644. The lowest BCUT2D eigenvalue weighted by molar-refractivity contribution is 0.535. The van der Waals surface area contributed by atoms with E-state index in [1.54, 1.807) is 17.8 Å². The van der Waals surface area contributed by atoms with Crippen molar-refractivity contribution < 1.29 is 0 Å². The third-order valence-electron chi connectivity index (χ3n) is 0.983. The largest absolute Gasteiger partial charge is 0.366 e. The maximum absolute atomic E-state index is 8.32. The van der Waals surface area contributed by atoms with E-state index in [1.807, 2.05) is 13.1 Å². The van der Waals surface area contributed by atoms with Crippen molar-refractivity contribution in [2.45, 2.75) is 0 Å². The minimum absolute atomic E-state index is 0.644. The molecule has 0 aromatic rings. The number of hydrogen-bond donors (Lipinski definition) is 1. The van der Waals surface area contributed by atoms with Crippen LogP contribution >= 0.6 is 0 Å². The van der Waals surface area contributed by atoms with Crippen molar-refractivity contribution in [1.82, 2.24) is 10.2 Å². The highest BCUT2D eigenvalue weighted by Gasteiger charge is 2.07. The molecule has 0 saturated carbocycles. The zero-order valence-electron chi connectivity index (χ0n) is 4.55. The molecular weight excluding hydrogens is 102 g/mol. The van der Waals surface area contributed by atoms with E-state index < -0.39 is 0 Å². The van der Waals surface area contributed by atoms with Crippen LogP contribution in [-0.2, 0) is 0 Å². The van der Waals surface area contributed by atoms with Crippen LogP contribution in [-0.4, -0.2) is 11.9 Å². The maximum Gasteiger partial charge on any atom is 0.139 e. The Morgan fingerprint density at radius 2 is 2.62 bits per heavy atom. The second kappa shape index (κ2) is 1.74. The van der Waals surface area contributed by atoms with Crippen LogP contribution < -0.4 is 5.32 Å². The summed E-state index contributed by atoms with van der Waals surface area (Å²) in [5.74, 6) is 0. The van der Waals surface area contributed by atoms with Gasteiger partial charge < -0.3 is 10.2 Å². The van der Waals surface area contributed by atoms with Crippen molar-refractivity contribution in [3.05, 3.63) is 18.6 Å². The molecule has 0 aliphatic carbocycles. The minimum Gasteiger partial charge on any atom is -0.366 e. The van der Waals surface area contributed by atoms with Gasteiger partial charge in [0.25, 0.3) is 0 Å². The van der Waals surface area contributed by atoms with Crippen molar-refractivity contribution in [2.75, 3.05) is 7.05 Å². The van der Waals surface area contributed by atoms with Crippen LogP contribution in [0.15, 0.2) is 11.9 Å². The van der Waals surface area contributed by atoms with Gasteiger partial charge in [-0.2, -0.15) is 5.26 Å². The Morgan fingerprint density at radius 3 is 2.88 bits per heavy atom. The van der Waals surface area contributed by atoms with E-state index >= 15 is 0 Å². The second-order valence-electron chi connectivity index (χ2n) is 1.55. The molecule has 0 spiro atoms. The van der Waals surface area contributed by atoms with Crippen molar-refractivity contribution >= 4 is 0 Å². The van der Waals surface area contributed by atoms with E-state index in [2.05, 4.69) is 5.32 Å². The third kappa shape index (κ3) is 0.604. The van der Waals surface area contributed by atoms with Crippen molar-refractivity contribution in [3.63, 3.8) is 0 Å². The molecule has 3 heteroatoms. The summed E-state index contributed by atoms with van der Waals surface area (Å²) < 4.78 is 0. The number of allylic oxidation sites excluding steroid dienone is 1. The molecule has 1 N–H and O–H groups in total. The highest BCUT2D eigenvalue weighted by Crippen LogP contribution is 2.04. The van der Waals surface area contributed by atoms with Crippen LogP contribution in [0.2, 0.25) is 0 Å². The van der Waals surface area contributed by atoms with Gasteiger partial charge in [0.15, 0.2) is 0 Å². The number of nitriles is 1. The predicted molar refractivity (Wildman–Crippen MR) is 28.9 cm³/mol. The zero-order valence-corrected chi connectivity index (χ0v) is 4.55. The molecule has 41 valence electrons. The van der Waals surface area contributed by atoms with E-state index in [1.165, 1.54) is 0 Å². The van der Waals surface area contributed by atoms with E-state index in [4.69, 9.17) is 5.26 Å². The Labute approximate surface area is 48.2 Å². The van der Waals surface area contributed by atoms with Gasteiger partial charge in [-0.15, -0.1) is 0 Å². The topological polar surface area (TPSA) is 39.1 Å². The average Bonchev–Trinajstić information content (AvgIpc) is 2.14. The van der Waals surface area contributed by atoms with E-state index in [9.17, 15) is 0 Å². The molecule has 0 fully saturated rings. The van der Waals surface area contributed by atoms with Gasteiger partial charge in [-0.05, 0) is 0 Å². The summed E-state index contributed by atoms with van der Waals surface area (Å²) in [6.07, 6.45) is 1.65. The van der Waals surface area contributed by atoms with Gasteiger partial charge in [-0.1, -0.05) is 0 Å². The van der Waals surface area contributed by atoms with Crippen molar-refractivity contribution in [2.24, 2.45) is 0 Å². The summed E-state index contributed by atoms with van der Waals surface area (Å²) in [7, 11) is 1.81. The highest BCUT2D eigenvalue weighted by atomic mass is 15.2. The second-order valence-corrected chi connectivity index (χ2v) is 1.55. The summed E-state index contributed by atoms with van der Waals surface area (Å²) in [6.45, 7) is 1.72. The molecular formula is C5H6N3. The number of nitrogens with one attached hydrogen (secondary N) is 1. The third-order valence-corrected chi connectivity index (χ3v) is 0.983. The van der Waals surface area contributed by atoms with E-state index in [-0.39, 0.29) is 0 Å². The number of rotatable bonds is 0. The fourth-order valence-electron chi connectivity index (χ4n) is 0.511. The molecule has 0 unspecified atom stereocenters. The van der Waals surface area contributed by atoms with Crippen molar-refractivity contribution in [3.8, 4) is 6.07 Å². The van der Waals surface area contributed by atoms with Gasteiger partial charge in [-0.3, -0.25) is 0 Å². The standard InChI is InChI=1S/C5H6N3/c1-8-4-7-3-5(8)2-6/h3-4,7H,1H3. The molecule has 0 bridgehead atoms. The Morgan fingerprint density at radius 1 is 1.88 bits per heavy atom. The summed E-state index contributed by atoms with van der Waals surface area (Å²) in [4.78, 5) is 1.72. The van der Waals surface area contributed by atoms with Gasteiger partial charge in [0.1, 0.15) is 18.4 Å². The SMILES string of the molecule is CN1[CH]NC=C1C#N. The Kier molecular flexibility index (Phi) is 1.09. The molecule has 3 nitrogen and oxygen atoms in total. The molecule has 1 aliphatic heterocycles. The molecule has 0 atom stereocenters. The van der Waals surface area contributed by atoms with Crippen LogP contribution in [0.1, 0.15) is 0 Å².